The van der Waals surface area contributed by atoms with Crippen LogP contribution >= 0.6 is 11.8 Å². The number of thioether (sulfide) groups is 1. The van der Waals surface area contributed by atoms with E-state index in [0.717, 1.165) is 11.8 Å². The number of anilines is 1. The lowest BCUT2D eigenvalue weighted by Gasteiger charge is -2.28. The Balaban J connectivity index is 2.00. The molecule has 3 rings (SSSR count). The number of amides is 3. The summed E-state index contributed by atoms with van der Waals surface area (Å²) >= 11 is 1.15. The fourth-order valence-corrected chi connectivity index (χ4v) is 3.99. The Kier molecular flexibility index (Phi) is 6.70. The summed E-state index contributed by atoms with van der Waals surface area (Å²) in [4.78, 5) is 25.5. The number of halogens is 1. The molecule has 0 spiro atoms. The Hall–Kier alpha value is -2.66. The number of morpholine rings is 1. The van der Waals surface area contributed by atoms with Crippen molar-refractivity contribution in [2.24, 2.45) is 11.7 Å². The third-order valence-electron chi connectivity index (χ3n) is 4.32. The topological polar surface area (TPSA) is 115 Å². The van der Waals surface area contributed by atoms with Gasteiger partial charge < -0.3 is 15.4 Å². The highest BCUT2D eigenvalue weighted by atomic mass is 32.2. The van der Waals surface area contributed by atoms with Crippen LogP contribution in [0, 0.1) is 11.7 Å². The van der Waals surface area contributed by atoms with Gasteiger partial charge in [-0.15, -0.1) is 10.2 Å². The standard InChI is InChI=1S/C18H23FN6O3S/c1-11(2)14(15(26)21-16(20)27)29-18-23-22-17(24-6-8-28-9-7-24)25(18)13-5-3-4-12(19)10-13/h3-5,10-11,14H,6-9H2,1-2H3,(H3,20,21,26,27)/t14-/m0/s1. The molecule has 1 saturated heterocycles. The quantitative estimate of drug-likeness (QED) is 0.679. The second-order valence-corrected chi connectivity index (χ2v) is 7.94. The summed E-state index contributed by atoms with van der Waals surface area (Å²) in [6.45, 7) is 6.04. The number of aromatic nitrogens is 3. The Morgan fingerprint density at radius 1 is 1.28 bits per heavy atom. The molecule has 0 bridgehead atoms. The van der Waals surface area contributed by atoms with Gasteiger partial charge in [0.1, 0.15) is 5.82 Å². The summed E-state index contributed by atoms with van der Waals surface area (Å²) in [6.07, 6.45) is 0. The van der Waals surface area contributed by atoms with E-state index in [4.69, 9.17) is 10.5 Å². The Labute approximate surface area is 171 Å². The van der Waals surface area contributed by atoms with Crippen molar-refractivity contribution < 1.29 is 18.7 Å². The van der Waals surface area contributed by atoms with E-state index in [1.54, 1.807) is 16.7 Å². The predicted molar refractivity (Wildman–Crippen MR) is 107 cm³/mol. The molecule has 11 heteroatoms. The molecule has 2 aromatic rings. The van der Waals surface area contributed by atoms with E-state index in [9.17, 15) is 14.0 Å². The number of nitrogens with one attached hydrogen (secondary N) is 1. The molecular formula is C18H23FN6O3S. The number of nitrogens with two attached hydrogens (primary N) is 1. The van der Waals surface area contributed by atoms with Crippen molar-refractivity contribution in [3.05, 3.63) is 30.1 Å². The molecule has 1 aliphatic heterocycles. The number of hydrogen-bond acceptors (Lipinski definition) is 7. The van der Waals surface area contributed by atoms with Gasteiger partial charge in [-0.3, -0.25) is 14.7 Å². The Bertz CT molecular complexity index is 884. The maximum Gasteiger partial charge on any atom is 0.318 e. The van der Waals surface area contributed by atoms with Gasteiger partial charge in [0.2, 0.25) is 11.9 Å². The lowest BCUT2D eigenvalue weighted by molar-refractivity contribution is -0.120. The van der Waals surface area contributed by atoms with Crippen LogP contribution in [0.5, 0.6) is 0 Å². The van der Waals surface area contributed by atoms with Gasteiger partial charge in [0.15, 0.2) is 5.16 Å². The van der Waals surface area contributed by atoms with Crippen LogP contribution in [-0.4, -0.2) is 58.3 Å². The summed E-state index contributed by atoms with van der Waals surface area (Å²) in [5.41, 5.74) is 5.63. The highest BCUT2D eigenvalue weighted by Crippen LogP contribution is 2.32. The largest absolute Gasteiger partial charge is 0.378 e. The van der Waals surface area contributed by atoms with Crippen LogP contribution in [0.25, 0.3) is 5.69 Å². The number of carbonyl (C=O) groups is 2. The van der Waals surface area contributed by atoms with Crippen molar-refractivity contribution >= 4 is 29.6 Å². The minimum Gasteiger partial charge on any atom is -0.378 e. The Morgan fingerprint density at radius 3 is 2.62 bits per heavy atom. The third kappa shape index (κ3) is 5.04. The zero-order valence-electron chi connectivity index (χ0n) is 16.2. The van der Waals surface area contributed by atoms with Crippen molar-refractivity contribution in [2.75, 3.05) is 31.2 Å². The Morgan fingerprint density at radius 2 is 2.00 bits per heavy atom. The van der Waals surface area contributed by atoms with Crippen molar-refractivity contribution in [3.8, 4) is 5.69 Å². The highest BCUT2D eigenvalue weighted by Gasteiger charge is 2.29. The summed E-state index contributed by atoms with van der Waals surface area (Å²) < 4.78 is 21.0. The number of primary amides is 1. The van der Waals surface area contributed by atoms with E-state index in [1.165, 1.54) is 12.1 Å². The van der Waals surface area contributed by atoms with Gasteiger partial charge in [-0.1, -0.05) is 31.7 Å². The first-order valence-electron chi connectivity index (χ1n) is 9.18. The maximum atomic E-state index is 13.9. The van der Waals surface area contributed by atoms with Crippen LogP contribution in [0.15, 0.2) is 29.4 Å². The molecule has 0 saturated carbocycles. The molecule has 3 N–H and O–H groups in total. The highest BCUT2D eigenvalue weighted by molar-refractivity contribution is 8.00. The SMILES string of the molecule is CC(C)[C@H](Sc1nnc(N2CCOCC2)n1-c1cccc(F)c1)C(=O)NC(N)=O. The van der Waals surface area contributed by atoms with E-state index in [2.05, 4.69) is 15.5 Å². The van der Waals surface area contributed by atoms with Gasteiger partial charge in [0, 0.05) is 13.1 Å². The zero-order valence-corrected chi connectivity index (χ0v) is 17.0. The third-order valence-corrected chi connectivity index (χ3v) is 5.81. The van der Waals surface area contributed by atoms with Crippen LogP contribution in [0.4, 0.5) is 15.1 Å². The zero-order chi connectivity index (χ0) is 21.0. The smallest absolute Gasteiger partial charge is 0.318 e. The normalized spacial score (nSPS) is 15.4. The lowest BCUT2D eigenvalue weighted by Crippen LogP contribution is -2.42. The molecule has 1 aromatic carbocycles. The van der Waals surface area contributed by atoms with E-state index >= 15 is 0 Å². The number of rotatable bonds is 6. The molecule has 0 aliphatic carbocycles. The molecular weight excluding hydrogens is 399 g/mol. The number of benzene rings is 1. The van der Waals surface area contributed by atoms with Crippen LogP contribution in [-0.2, 0) is 9.53 Å². The van der Waals surface area contributed by atoms with E-state index < -0.39 is 23.0 Å². The molecule has 9 nitrogen and oxygen atoms in total. The van der Waals surface area contributed by atoms with Crippen molar-refractivity contribution in [2.45, 2.75) is 24.3 Å². The summed E-state index contributed by atoms with van der Waals surface area (Å²) in [7, 11) is 0. The first-order chi connectivity index (χ1) is 13.9. The number of nitrogens with zero attached hydrogens (tertiary/aromatic N) is 4. The van der Waals surface area contributed by atoms with E-state index in [0.29, 0.717) is 43.1 Å². The average Bonchev–Trinajstić information content (AvgIpc) is 3.09. The predicted octanol–water partition coefficient (Wildman–Crippen LogP) is 1.55. The first-order valence-corrected chi connectivity index (χ1v) is 10.1. The number of imide groups is 1. The van der Waals surface area contributed by atoms with Gasteiger partial charge in [0.25, 0.3) is 0 Å². The average molecular weight is 422 g/mol. The molecule has 0 radical (unpaired) electrons. The van der Waals surface area contributed by atoms with E-state index in [1.807, 2.05) is 18.7 Å². The molecule has 2 heterocycles. The van der Waals surface area contributed by atoms with Gasteiger partial charge in [-0.2, -0.15) is 0 Å². The van der Waals surface area contributed by atoms with Crippen LogP contribution < -0.4 is 16.0 Å². The maximum absolute atomic E-state index is 13.9. The van der Waals surface area contributed by atoms with Crippen molar-refractivity contribution in [1.29, 1.82) is 0 Å². The number of hydrogen-bond donors (Lipinski definition) is 2. The van der Waals surface area contributed by atoms with Gasteiger partial charge in [-0.25, -0.2) is 9.18 Å². The first kappa shape index (κ1) is 21.1. The van der Waals surface area contributed by atoms with Crippen LogP contribution in [0.1, 0.15) is 13.8 Å². The second kappa shape index (κ2) is 9.23. The summed E-state index contributed by atoms with van der Waals surface area (Å²) in [5.74, 6) is -0.491. The number of carbonyl (C=O) groups excluding carboxylic acids is 2. The minimum atomic E-state index is -0.915. The second-order valence-electron chi connectivity index (χ2n) is 6.83. The fourth-order valence-electron chi connectivity index (χ4n) is 2.95. The van der Waals surface area contributed by atoms with Gasteiger partial charge in [0.05, 0.1) is 24.2 Å². The van der Waals surface area contributed by atoms with Gasteiger partial charge in [-0.05, 0) is 24.1 Å². The van der Waals surface area contributed by atoms with Crippen LogP contribution in [0.2, 0.25) is 0 Å². The van der Waals surface area contributed by atoms with Crippen molar-refractivity contribution in [3.63, 3.8) is 0 Å². The fraction of sp³-hybridized carbons (Fsp3) is 0.444. The molecule has 3 amide bonds. The molecule has 1 aromatic heterocycles. The molecule has 1 fully saturated rings. The minimum absolute atomic E-state index is 0.121. The van der Waals surface area contributed by atoms with E-state index in [-0.39, 0.29) is 5.92 Å². The monoisotopic (exact) mass is 422 g/mol. The number of ether oxygens (including phenoxy) is 1. The molecule has 1 aliphatic rings. The summed E-state index contributed by atoms with van der Waals surface area (Å²) in [5, 5.41) is 10.4. The molecule has 29 heavy (non-hydrogen) atoms. The summed E-state index contributed by atoms with van der Waals surface area (Å²) in [6, 6.07) is 5.16. The molecule has 0 unspecified atom stereocenters. The number of urea groups is 1. The van der Waals surface area contributed by atoms with Crippen LogP contribution in [0.3, 0.4) is 0 Å². The van der Waals surface area contributed by atoms with Crippen molar-refractivity contribution in [1.82, 2.24) is 20.1 Å². The lowest BCUT2D eigenvalue weighted by atomic mass is 10.1. The van der Waals surface area contributed by atoms with Gasteiger partial charge >= 0.3 is 6.03 Å². The molecule has 1 atom stereocenters. The molecule has 156 valence electrons.